The van der Waals surface area contributed by atoms with Crippen LogP contribution in [-0.2, 0) is 24.4 Å². The summed E-state index contributed by atoms with van der Waals surface area (Å²) in [4.78, 5) is 8.82. The molecule has 0 amide bonds. The van der Waals surface area contributed by atoms with Gasteiger partial charge >= 0.3 is 0 Å². The van der Waals surface area contributed by atoms with Crippen LogP contribution >= 0.6 is 24.0 Å². The molecule has 2 aromatic carbocycles. The van der Waals surface area contributed by atoms with Gasteiger partial charge in [-0.05, 0) is 28.8 Å². The molecular formula is C22H30FIN4O. The molecule has 2 aromatic rings. The summed E-state index contributed by atoms with van der Waals surface area (Å²) < 4.78 is 18.5. The van der Waals surface area contributed by atoms with Crippen molar-refractivity contribution in [3.63, 3.8) is 0 Å². The number of hydrogen-bond acceptors (Lipinski definition) is 3. The van der Waals surface area contributed by atoms with Crippen LogP contribution in [0.25, 0.3) is 0 Å². The molecule has 0 aromatic heterocycles. The molecular weight excluding hydrogens is 482 g/mol. The normalized spacial score (nSPS) is 14.9. The van der Waals surface area contributed by atoms with E-state index in [1.165, 1.54) is 23.3 Å². The van der Waals surface area contributed by atoms with Crippen LogP contribution < -0.4 is 5.32 Å². The summed E-state index contributed by atoms with van der Waals surface area (Å²) in [6.45, 7) is 5.94. The molecule has 0 radical (unpaired) electrons. The number of guanidine groups is 1. The summed E-state index contributed by atoms with van der Waals surface area (Å²) in [5.41, 5.74) is 3.58. The van der Waals surface area contributed by atoms with Crippen molar-refractivity contribution in [1.82, 2.24) is 15.1 Å². The zero-order chi connectivity index (χ0) is 19.8. The highest BCUT2D eigenvalue weighted by Crippen LogP contribution is 2.11. The van der Waals surface area contributed by atoms with Gasteiger partial charge in [0.25, 0.3) is 0 Å². The minimum Gasteiger partial charge on any atom is -0.379 e. The molecule has 1 aliphatic heterocycles. The van der Waals surface area contributed by atoms with Gasteiger partial charge in [-0.3, -0.25) is 9.89 Å². The van der Waals surface area contributed by atoms with Crippen LogP contribution in [0.5, 0.6) is 0 Å². The van der Waals surface area contributed by atoms with Crippen molar-refractivity contribution in [2.45, 2.75) is 19.6 Å². The third-order valence-electron chi connectivity index (χ3n) is 4.86. The number of morpholine rings is 1. The van der Waals surface area contributed by atoms with Crippen molar-refractivity contribution in [3.05, 3.63) is 71.0 Å². The molecule has 0 atom stereocenters. The van der Waals surface area contributed by atoms with Crippen LogP contribution in [0.3, 0.4) is 0 Å². The average molecular weight is 512 g/mol. The van der Waals surface area contributed by atoms with Crippen LogP contribution in [0.4, 0.5) is 4.39 Å². The van der Waals surface area contributed by atoms with Crippen molar-refractivity contribution in [2.24, 2.45) is 4.99 Å². The summed E-state index contributed by atoms with van der Waals surface area (Å²) in [5, 5.41) is 3.42. The number of halogens is 2. The Balaban J connectivity index is 0.00000300. The number of rotatable bonds is 6. The van der Waals surface area contributed by atoms with E-state index in [-0.39, 0.29) is 29.8 Å². The molecule has 1 N–H and O–H groups in total. The number of benzene rings is 2. The van der Waals surface area contributed by atoms with Crippen molar-refractivity contribution >= 4 is 29.9 Å². The summed E-state index contributed by atoms with van der Waals surface area (Å²) in [6, 6.07) is 15.2. The Bertz CT molecular complexity index is 779. The van der Waals surface area contributed by atoms with Crippen LogP contribution in [0.2, 0.25) is 0 Å². The molecule has 1 aliphatic rings. The minimum absolute atomic E-state index is 0. The van der Waals surface area contributed by atoms with Crippen molar-refractivity contribution in [2.75, 3.05) is 40.4 Å². The van der Waals surface area contributed by atoms with E-state index in [0.717, 1.165) is 44.4 Å². The summed E-state index contributed by atoms with van der Waals surface area (Å²) in [5.74, 6) is 0.591. The zero-order valence-corrected chi connectivity index (χ0v) is 19.4. The Morgan fingerprint density at radius 1 is 1.10 bits per heavy atom. The summed E-state index contributed by atoms with van der Waals surface area (Å²) in [7, 11) is 3.76. The zero-order valence-electron chi connectivity index (χ0n) is 17.1. The van der Waals surface area contributed by atoms with Gasteiger partial charge in [0, 0.05) is 46.8 Å². The van der Waals surface area contributed by atoms with Crippen LogP contribution in [0, 0.1) is 5.82 Å². The van der Waals surface area contributed by atoms with E-state index in [4.69, 9.17) is 4.74 Å². The Hall–Kier alpha value is -1.71. The number of ether oxygens (including phenoxy) is 1. The molecule has 1 heterocycles. The number of nitrogens with one attached hydrogen (secondary N) is 1. The average Bonchev–Trinajstić information content (AvgIpc) is 2.71. The van der Waals surface area contributed by atoms with Crippen LogP contribution in [-0.4, -0.2) is 56.2 Å². The molecule has 0 unspecified atom stereocenters. The third kappa shape index (κ3) is 7.56. The maximum absolute atomic E-state index is 13.1. The molecule has 158 valence electrons. The molecule has 3 rings (SSSR count). The highest BCUT2D eigenvalue weighted by molar-refractivity contribution is 14.0. The van der Waals surface area contributed by atoms with Gasteiger partial charge in [-0.1, -0.05) is 36.4 Å². The van der Waals surface area contributed by atoms with Gasteiger partial charge in [-0.25, -0.2) is 4.39 Å². The van der Waals surface area contributed by atoms with Gasteiger partial charge in [0.2, 0.25) is 0 Å². The smallest absolute Gasteiger partial charge is 0.193 e. The van der Waals surface area contributed by atoms with E-state index in [9.17, 15) is 4.39 Å². The first-order chi connectivity index (χ1) is 13.6. The first kappa shape index (κ1) is 23.6. The predicted molar refractivity (Wildman–Crippen MR) is 126 cm³/mol. The number of aliphatic imine (C=N–C) groups is 1. The van der Waals surface area contributed by atoms with Gasteiger partial charge in [0.15, 0.2) is 5.96 Å². The Labute approximate surface area is 190 Å². The highest BCUT2D eigenvalue weighted by atomic mass is 127. The SMILES string of the molecule is CN=C(NCc1cccc(CN2CCOCC2)c1)N(C)Cc1ccc(F)cc1.I. The van der Waals surface area contributed by atoms with E-state index in [1.807, 2.05) is 11.9 Å². The Morgan fingerprint density at radius 3 is 2.48 bits per heavy atom. The Morgan fingerprint density at radius 2 is 1.79 bits per heavy atom. The second-order valence-corrected chi connectivity index (χ2v) is 7.09. The fourth-order valence-electron chi connectivity index (χ4n) is 3.36. The standard InChI is InChI=1S/C22H29FN4O.HI/c1-24-22(26(2)16-18-6-8-21(23)9-7-18)25-15-19-4-3-5-20(14-19)17-27-10-12-28-13-11-27;/h3-9,14H,10-13,15-17H2,1-2H3,(H,24,25);1H. The lowest BCUT2D eigenvalue weighted by Crippen LogP contribution is -2.38. The van der Waals surface area contributed by atoms with Crippen LogP contribution in [0.15, 0.2) is 53.5 Å². The van der Waals surface area contributed by atoms with Crippen molar-refractivity contribution < 1.29 is 9.13 Å². The van der Waals surface area contributed by atoms with E-state index in [1.54, 1.807) is 19.2 Å². The first-order valence-corrected chi connectivity index (χ1v) is 9.68. The third-order valence-corrected chi connectivity index (χ3v) is 4.86. The van der Waals surface area contributed by atoms with Crippen LogP contribution in [0.1, 0.15) is 16.7 Å². The first-order valence-electron chi connectivity index (χ1n) is 9.68. The topological polar surface area (TPSA) is 40.1 Å². The largest absolute Gasteiger partial charge is 0.379 e. The molecule has 0 bridgehead atoms. The molecule has 5 nitrogen and oxygen atoms in total. The van der Waals surface area contributed by atoms with E-state index in [2.05, 4.69) is 39.5 Å². The summed E-state index contributed by atoms with van der Waals surface area (Å²) >= 11 is 0. The van der Waals surface area contributed by atoms with Crippen molar-refractivity contribution in [1.29, 1.82) is 0 Å². The molecule has 0 saturated carbocycles. The summed E-state index contributed by atoms with van der Waals surface area (Å²) in [6.07, 6.45) is 0. The lowest BCUT2D eigenvalue weighted by Gasteiger charge is -2.26. The van der Waals surface area contributed by atoms with Crippen molar-refractivity contribution in [3.8, 4) is 0 Å². The van der Waals surface area contributed by atoms with Gasteiger partial charge in [-0.15, -0.1) is 24.0 Å². The number of hydrogen-bond donors (Lipinski definition) is 1. The second kappa shape index (κ2) is 12.1. The maximum atomic E-state index is 13.1. The Kier molecular flexibility index (Phi) is 9.83. The molecule has 29 heavy (non-hydrogen) atoms. The predicted octanol–water partition coefficient (Wildman–Crippen LogP) is 3.48. The monoisotopic (exact) mass is 512 g/mol. The van der Waals surface area contributed by atoms with Gasteiger partial charge < -0.3 is 15.0 Å². The molecule has 1 saturated heterocycles. The fourth-order valence-corrected chi connectivity index (χ4v) is 3.36. The van der Waals surface area contributed by atoms with Gasteiger partial charge in [0.1, 0.15) is 5.82 Å². The highest BCUT2D eigenvalue weighted by Gasteiger charge is 2.11. The van der Waals surface area contributed by atoms with E-state index in [0.29, 0.717) is 13.1 Å². The van der Waals surface area contributed by atoms with E-state index < -0.39 is 0 Å². The maximum Gasteiger partial charge on any atom is 0.193 e. The fraction of sp³-hybridized carbons (Fsp3) is 0.409. The van der Waals surface area contributed by atoms with E-state index >= 15 is 0 Å². The molecule has 0 spiro atoms. The lowest BCUT2D eigenvalue weighted by atomic mass is 10.1. The van der Waals surface area contributed by atoms with Gasteiger partial charge in [-0.2, -0.15) is 0 Å². The second-order valence-electron chi connectivity index (χ2n) is 7.09. The van der Waals surface area contributed by atoms with Gasteiger partial charge in [0.05, 0.1) is 13.2 Å². The lowest BCUT2D eigenvalue weighted by molar-refractivity contribution is 0.0342. The molecule has 1 fully saturated rings. The number of nitrogens with zero attached hydrogens (tertiary/aromatic N) is 3. The molecule has 7 heteroatoms. The quantitative estimate of drug-likeness (QED) is 0.366. The molecule has 0 aliphatic carbocycles. The minimum atomic E-state index is -0.217.